The number of likely N-dealkylation sites (tertiary alicyclic amines) is 1. The van der Waals surface area contributed by atoms with Gasteiger partial charge in [-0.2, -0.15) is 11.8 Å². The van der Waals surface area contributed by atoms with Crippen LogP contribution in [0.2, 0.25) is 0 Å². The molecule has 28 heavy (non-hydrogen) atoms. The zero-order valence-electron chi connectivity index (χ0n) is 16.3. The van der Waals surface area contributed by atoms with E-state index in [0.29, 0.717) is 12.3 Å². The maximum Gasteiger partial charge on any atom is 0.232 e. The van der Waals surface area contributed by atoms with Gasteiger partial charge in [-0.05, 0) is 54.5 Å². The lowest BCUT2D eigenvalue weighted by molar-refractivity contribution is -0.132. The van der Waals surface area contributed by atoms with Crippen molar-refractivity contribution in [3.63, 3.8) is 0 Å². The number of hydrogen-bond donors (Lipinski definition) is 1. The second-order valence-corrected chi connectivity index (χ2v) is 7.78. The van der Waals surface area contributed by atoms with Gasteiger partial charge in [0.1, 0.15) is 5.75 Å². The summed E-state index contributed by atoms with van der Waals surface area (Å²) in [5, 5.41) is 3.00. The van der Waals surface area contributed by atoms with E-state index in [-0.39, 0.29) is 17.7 Å². The first kappa shape index (κ1) is 20.3. The molecule has 0 bridgehead atoms. The number of methoxy groups -OCH3 is 1. The van der Waals surface area contributed by atoms with Gasteiger partial charge in [0.15, 0.2) is 0 Å². The summed E-state index contributed by atoms with van der Waals surface area (Å²) in [6.45, 7) is 1.26. The number of ether oxygens (including phenoxy) is 1. The van der Waals surface area contributed by atoms with Crippen LogP contribution in [0.1, 0.15) is 12.8 Å². The number of hydrogen-bond acceptors (Lipinski definition) is 4. The summed E-state index contributed by atoms with van der Waals surface area (Å²) in [5.74, 6) is 1.23. The van der Waals surface area contributed by atoms with Crippen LogP contribution in [-0.4, -0.2) is 48.9 Å². The van der Waals surface area contributed by atoms with Crippen molar-refractivity contribution < 1.29 is 14.3 Å². The quantitative estimate of drug-likeness (QED) is 0.802. The third-order valence-corrected chi connectivity index (χ3v) is 5.50. The number of thioether (sulfide) groups is 1. The Bertz CT molecular complexity index is 823. The summed E-state index contributed by atoms with van der Waals surface area (Å²) >= 11 is 1.52. The van der Waals surface area contributed by atoms with E-state index in [9.17, 15) is 9.59 Å². The summed E-state index contributed by atoms with van der Waals surface area (Å²) in [6, 6.07) is 15.7. The lowest BCUT2D eigenvalue weighted by Gasteiger charge is -2.32. The van der Waals surface area contributed by atoms with E-state index in [1.54, 1.807) is 7.11 Å². The van der Waals surface area contributed by atoms with Crippen LogP contribution in [0.3, 0.4) is 0 Å². The Balaban J connectivity index is 1.62. The molecule has 0 saturated carbocycles. The highest BCUT2D eigenvalue weighted by molar-refractivity contribution is 7.99. The van der Waals surface area contributed by atoms with Crippen molar-refractivity contribution in [3.05, 3.63) is 48.5 Å². The largest absolute Gasteiger partial charge is 0.497 e. The minimum atomic E-state index is -0.155. The number of carbonyl (C=O) groups excluding carboxylic acids is 2. The van der Waals surface area contributed by atoms with E-state index >= 15 is 0 Å². The topological polar surface area (TPSA) is 58.6 Å². The summed E-state index contributed by atoms with van der Waals surface area (Å²) in [4.78, 5) is 26.6. The molecule has 148 valence electrons. The maximum atomic E-state index is 12.7. The average Bonchev–Trinajstić information content (AvgIpc) is 2.74. The molecule has 1 fully saturated rings. The Morgan fingerprint density at radius 2 is 1.96 bits per heavy atom. The van der Waals surface area contributed by atoms with Crippen molar-refractivity contribution in [2.45, 2.75) is 12.8 Å². The van der Waals surface area contributed by atoms with E-state index < -0.39 is 0 Å². The molecule has 2 amide bonds. The lowest BCUT2D eigenvalue weighted by Crippen LogP contribution is -2.44. The first-order valence-electron chi connectivity index (χ1n) is 9.43. The summed E-state index contributed by atoms with van der Waals surface area (Å²) in [6.07, 6.45) is 3.60. The smallest absolute Gasteiger partial charge is 0.232 e. The van der Waals surface area contributed by atoms with Crippen LogP contribution in [0.25, 0.3) is 11.1 Å². The van der Waals surface area contributed by atoms with Gasteiger partial charge < -0.3 is 15.0 Å². The highest BCUT2D eigenvalue weighted by atomic mass is 32.2. The Morgan fingerprint density at radius 3 is 2.68 bits per heavy atom. The van der Waals surface area contributed by atoms with Crippen LogP contribution in [-0.2, 0) is 9.59 Å². The van der Waals surface area contributed by atoms with Crippen LogP contribution < -0.4 is 10.1 Å². The van der Waals surface area contributed by atoms with Gasteiger partial charge in [-0.1, -0.05) is 24.3 Å². The van der Waals surface area contributed by atoms with Gasteiger partial charge in [-0.15, -0.1) is 0 Å². The fraction of sp³-hybridized carbons (Fsp3) is 0.364. The third-order valence-electron chi connectivity index (χ3n) is 4.97. The lowest BCUT2D eigenvalue weighted by atomic mass is 9.97. The molecule has 0 aliphatic carbocycles. The van der Waals surface area contributed by atoms with Gasteiger partial charge in [0.2, 0.25) is 11.8 Å². The molecule has 1 N–H and O–H groups in total. The van der Waals surface area contributed by atoms with Gasteiger partial charge in [0.05, 0.1) is 18.8 Å². The highest BCUT2D eigenvalue weighted by Gasteiger charge is 2.28. The minimum Gasteiger partial charge on any atom is -0.497 e. The van der Waals surface area contributed by atoms with Crippen molar-refractivity contribution >= 4 is 29.3 Å². The van der Waals surface area contributed by atoms with Crippen LogP contribution in [0.15, 0.2) is 48.5 Å². The summed E-state index contributed by atoms with van der Waals surface area (Å²) < 4.78 is 5.27. The molecule has 1 saturated heterocycles. The predicted octanol–water partition coefficient (Wildman–Crippen LogP) is 3.90. The monoisotopic (exact) mass is 398 g/mol. The molecule has 2 aromatic carbocycles. The SMILES string of the molecule is COc1cccc(-c2ccc(NC(=O)[C@H]3CCCN(C(=O)CSC)C3)cc2)c1. The molecule has 0 radical (unpaired) electrons. The van der Waals surface area contributed by atoms with E-state index in [1.165, 1.54) is 11.8 Å². The van der Waals surface area contributed by atoms with Crippen LogP contribution in [0.5, 0.6) is 5.75 Å². The van der Waals surface area contributed by atoms with Crippen LogP contribution in [0, 0.1) is 5.92 Å². The van der Waals surface area contributed by atoms with Gasteiger partial charge in [-0.25, -0.2) is 0 Å². The van der Waals surface area contributed by atoms with Crippen molar-refractivity contribution in [2.24, 2.45) is 5.92 Å². The zero-order valence-corrected chi connectivity index (χ0v) is 17.1. The van der Waals surface area contributed by atoms with E-state index in [2.05, 4.69) is 5.32 Å². The molecule has 2 aromatic rings. The van der Waals surface area contributed by atoms with E-state index in [0.717, 1.165) is 42.0 Å². The Kier molecular flexibility index (Phi) is 6.98. The Morgan fingerprint density at radius 1 is 1.18 bits per heavy atom. The number of rotatable bonds is 6. The normalized spacial score (nSPS) is 16.5. The van der Waals surface area contributed by atoms with Gasteiger partial charge in [0, 0.05) is 18.8 Å². The summed E-state index contributed by atoms with van der Waals surface area (Å²) in [7, 11) is 1.65. The number of nitrogens with zero attached hydrogens (tertiary/aromatic N) is 1. The second-order valence-electron chi connectivity index (χ2n) is 6.91. The number of amides is 2. The minimum absolute atomic E-state index is 0.0178. The Labute approximate surface area is 170 Å². The zero-order chi connectivity index (χ0) is 19.9. The van der Waals surface area contributed by atoms with Gasteiger partial charge >= 0.3 is 0 Å². The molecule has 0 spiro atoms. The summed E-state index contributed by atoms with van der Waals surface area (Å²) in [5.41, 5.74) is 2.89. The number of carbonyl (C=O) groups is 2. The molecular formula is C22H26N2O3S. The van der Waals surface area contributed by atoms with Crippen molar-refractivity contribution in [2.75, 3.05) is 37.5 Å². The molecule has 1 aliphatic rings. The van der Waals surface area contributed by atoms with E-state index in [4.69, 9.17) is 4.74 Å². The second kappa shape index (κ2) is 9.64. The maximum absolute atomic E-state index is 12.7. The molecule has 6 heteroatoms. The standard InChI is InChI=1S/C22H26N2O3S/c1-27-20-7-3-5-17(13-20)16-8-10-19(11-9-16)23-22(26)18-6-4-12-24(14-18)21(25)15-28-2/h3,5,7-11,13,18H,4,6,12,14-15H2,1-2H3,(H,23,26)/t18-/m0/s1. The molecular weight excluding hydrogens is 372 g/mol. The molecule has 1 heterocycles. The predicted molar refractivity (Wildman–Crippen MR) is 115 cm³/mol. The Hall–Kier alpha value is -2.47. The van der Waals surface area contributed by atoms with E-state index in [1.807, 2.05) is 59.7 Å². The number of piperidine rings is 1. The first-order chi connectivity index (χ1) is 13.6. The van der Waals surface area contributed by atoms with Crippen LogP contribution >= 0.6 is 11.8 Å². The first-order valence-corrected chi connectivity index (χ1v) is 10.8. The molecule has 3 rings (SSSR count). The fourth-order valence-electron chi connectivity index (χ4n) is 3.43. The molecule has 1 aliphatic heterocycles. The van der Waals surface area contributed by atoms with Crippen molar-refractivity contribution in [3.8, 4) is 16.9 Å². The molecule has 1 atom stereocenters. The average molecular weight is 399 g/mol. The van der Waals surface area contributed by atoms with Gasteiger partial charge in [-0.3, -0.25) is 9.59 Å². The number of benzene rings is 2. The van der Waals surface area contributed by atoms with Gasteiger partial charge in [0.25, 0.3) is 0 Å². The number of anilines is 1. The highest BCUT2D eigenvalue weighted by Crippen LogP contribution is 2.26. The number of nitrogens with one attached hydrogen (secondary N) is 1. The third kappa shape index (κ3) is 5.07. The van der Waals surface area contributed by atoms with Crippen LogP contribution in [0.4, 0.5) is 5.69 Å². The van der Waals surface area contributed by atoms with Crippen molar-refractivity contribution in [1.82, 2.24) is 4.90 Å². The molecule has 5 nitrogen and oxygen atoms in total. The molecule has 0 unspecified atom stereocenters. The van der Waals surface area contributed by atoms with Crippen molar-refractivity contribution in [1.29, 1.82) is 0 Å². The molecule has 0 aromatic heterocycles. The fourth-order valence-corrected chi connectivity index (χ4v) is 3.85.